The molecule has 1 aliphatic rings. The number of halogens is 1. The predicted octanol–water partition coefficient (Wildman–Crippen LogP) is 3.92. The van der Waals surface area contributed by atoms with Crippen LogP contribution in [0.5, 0.6) is 0 Å². The molecule has 1 saturated heterocycles. The molecule has 1 atom stereocenters. The second-order valence-corrected chi connectivity index (χ2v) is 6.53. The van der Waals surface area contributed by atoms with Crippen LogP contribution in [-0.2, 0) is 4.79 Å². The fourth-order valence-corrected chi connectivity index (χ4v) is 3.22. The number of furan rings is 1. The molecule has 1 aromatic carbocycles. The van der Waals surface area contributed by atoms with E-state index in [1.54, 1.807) is 17.0 Å². The van der Waals surface area contributed by atoms with Gasteiger partial charge >= 0.3 is 0 Å². The van der Waals surface area contributed by atoms with Gasteiger partial charge in [-0.25, -0.2) is 0 Å². The van der Waals surface area contributed by atoms with Crippen LogP contribution in [0.15, 0.2) is 50.0 Å². The zero-order chi connectivity index (χ0) is 16.7. The van der Waals surface area contributed by atoms with Crippen molar-refractivity contribution in [1.29, 1.82) is 0 Å². The molecule has 0 bridgehead atoms. The molecule has 24 heavy (non-hydrogen) atoms. The Balaban J connectivity index is 1.57. The van der Waals surface area contributed by atoms with Crippen LogP contribution in [0, 0.1) is 6.92 Å². The smallest absolute Gasteiger partial charge is 0.293 e. The molecule has 122 valence electrons. The summed E-state index contributed by atoms with van der Waals surface area (Å²) < 4.78 is 11.3. The third-order valence-electron chi connectivity index (χ3n) is 4.12. The van der Waals surface area contributed by atoms with E-state index in [0.717, 1.165) is 11.3 Å². The molecule has 0 spiro atoms. The molecule has 6 nitrogen and oxygen atoms in total. The third-order valence-corrected chi connectivity index (χ3v) is 4.55. The number of carbonyl (C=O) groups is 1. The zero-order valence-electron chi connectivity index (χ0n) is 12.9. The summed E-state index contributed by atoms with van der Waals surface area (Å²) in [6.45, 7) is 2.54. The van der Waals surface area contributed by atoms with Gasteiger partial charge in [0.2, 0.25) is 5.91 Å². The van der Waals surface area contributed by atoms with Gasteiger partial charge in [-0.05, 0) is 46.6 Å². The minimum Gasteiger partial charge on any atom is -0.444 e. The van der Waals surface area contributed by atoms with Crippen molar-refractivity contribution in [2.75, 3.05) is 11.4 Å². The maximum absolute atomic E-state index is 12.4. The number of aromatic nitrogens is 2. The van der Waals surface area contributed by atoms with E-state index in [9.17, 15) is 4.79 Å². The summed E-state index contributed by atoms with van der Waals surface area (Å²) in [7, 11) is 0. The average molecular weight is 388 g/mol. The van der Waals surface area contributed by atoms with Gasteiger partial charge in [-0.3, -0.25) is 4.79 Å². The minimum atomic E-state index is -0.0898. The Kier molecular flexibility index (Phi) is 3.72. The zero-order valence-corrected chi connectivity index (χ0v) is 14.5. The number of aryl methyl sites for hydroxylation is 1. The lowest BCUT2D eigenvalue weighted by atomic mass is 10.1. The molecule has 0 radical (unpaired) electrons. The highest BCUT2D eigenvalue weighted by molar-refractivity contribution is 9.10. The van der Waals surface area contributed by atoms with Gasteiger partial charge < -0.3 is 13.8 Å². The Morgan fingerprint density at radius 1 is 1.25 bits per heavy atom. The summed E-state index contributed by atoms with van der Waals surface area (Å²) in [5, 5.41) is 4.03. The van der Waals surface area contributed by atoms with Crippen LogP contribution in [-0.4, -0.2) is 22.6 Å². The average Bonchev–Trinajstić information content (AvgIpc) is 3.27. The molecule has 2 aromatic heterocycles. The van der Waals surface area contributed by atoms with Gasteiger partial charge in [0.25, 0.3) is 5.89 Å². The number of hydrogen-bond donors (Lipinski definition) is 0. The van der Waals surface area contributed by atoms with Crippen molar-refractivity contribution in [2.24, 2.45) is 0 Å². The highest BCUT2D eigenvalue weighted by Gasteiger charge is 2.35. The monoisotopic (exact) mass is 387 g/mol. The summed E-state index contributed by atoms with van der Waals surface area (Å²) in [5.74, 6) is 1.33. The van der Waals surface area contributed by atoms with Crippen molar-refractivity contribution in [1.82, 2.24) is 10.1 Å². The Hall–Kier alpha value is -2.41. The lowest BCUT2D eigenvalue weighted by Gasteiger charge is -2.18. The van der Waals surface area contributed by atoms with Crippen molar-refractivity contribution in [3.05, 3.63) is 52.5 Å². The molecule has 1 fully saturated rings. The lowest BCUT2D eigenvalue weighted by Crippen LogP contribution is -2.25. The van der Waals surface area contributed by atoms with Crippen LogP contribution in [0.2, 0.25) is 0 Å². The van der Waals surface area contributed by atoms with Crippen LogP contribution in [0.4, 0.5) is 5.69 Å². The van der Waals surface area contributed by atoms with Crippen molar-refractivity contribution < 1.29 is 13.7 Å². The molecule has 0 saturated carbocycles. The number of hydrogen-bond acceptors (Lipinski definition) is 5. The summed E-state index contributed by atoms with van der Waals surface area (Å²) >= 11 is 3.24. The third kappa shape index (κ3) is 2.65. The van der Waals surface area contributed by atoms with Crippen LogP contribution >= 0.6 is 15.9 Å². The van der Waals surface area contributed by atoms with Crippen molar-refractivity contribution >= 4 is 27.5 Å². The fraction of sp³-hybridized carbons (Fsp3) is 0.235. The van der Waals surface area contributed by atoms with E-state index in [4.69, 9.17) is 8.94 Å². The van der Waals surface area contributed by atoms with Gasteiger partial charge in [0.15, 0.2) is 16.3 Å². The molecule has 0 aliphatic carbocycles. The molecule has 1 amide bonds. The van der Waals surface area contributed by atoms with E-state index >= 15 is 0 Å². The largest absolute Gasteiger partial charge is 0.444 e. The molecular weight excluding hydrogens is 374 g/mol. The normalized spacial score (nSPS) is 17.7. The number of carbonyl (C=O) groups excluding carboxylic acids is 1. The molecule has 1 unspecified atom stereocenters. The molecule has 3 heterocycles. The van der Waals surface area contributed by atoms with E-state index in [1.807, 2.05) is 31.2 Å². The van der Waals surface area contributed by atoms with Crippen LogP contribution in [0.1, 0.15) is 23.7 Å². The van der Waals surface area contributed by atoms with Gasteiger partial charge in [0.1, 0.15) is 0 Å². The van der Waals surface area contributed by atoms with E-state index in [1.165, 1.54) is 0 Å². The Bertz CT molecular complexity index is 902. The number of rotatable bonds is 3. The van der Waals surface area contributed by atoms with Gasteiger partial charge in [-0.1, -0.05) is 23.4 Å². The van der Waals surface area contributed by atoms with Crippen LogP contribution in [0.25, 0.3) is 11.7 Å². The molecule has 4 rings (SSSR count). The molecule has 3 aromatic rings. The second-order valence-electron chi connectivity index (χ2n) is 5.75. The van der Waals surface area contributed by atoms with Gasteiger partial charge in [0.05, 0.1) is 0 Å². The Labute approximate surface area is 146 Å². The number of para-hydroxylation sites is 1. The minimum absolute atomic E-state index is 0.0707. The first-order valence-electron chi connectivity index (χ1n) is 7.57. The first-order valence-corrected chi connectivity index (χ1v) is 8.36. The Morgan fingerprint density at radius 3 is 2.83 bits per heavy atom. The first-order chi connectivity index (χ1) is 11.6. The van der Waals surface area contributed by atoms with Gasteiger partial charge in [-0.2, -0.15) is 4.98 Å². The Morgan fingerprint density at radius 2 is 2.08 bits per heavy atom. The SMILES string of the molecule is Cc1ccccc1N1CC(c2noc(-c3ccc(Br)o3)n2)CC1=O. The number of benzene rings is 1. The van der Waals surface area contributed by atoms with Gasteiger partial charge in [0, 0.05) is 24.6 Å². The molecule has 1 aliphatic heterocycles. The summed E-state index contributed by atoms with van der Waals surface area (Å²) in [6.07, 6.45) is 0.370. The van der Waals surface area contributed by atoms with E-state index in [2.05, 4.69) is 26.1 Å². The van der Waals surface area contributed by atoms with E-state index < -0.39 is 0 Å². The molecule has 0 N–H and O–H groups in total. The number of nitrogens with zero attached hydrogens (tertiary/aromatic N) is 3. The maximum Gasteiger partial charge on any atom is 0.293 e. The van der Waals surface area contributed by atoms with Crippen molar-refractivity contribution in [3.63, 3.8) is 0 Å². The van der Waals surface area contributed by atoms with E-state index in [-0.39, 0.29) is 11.8 Å². The number of anilines is 1. The van der Waals surface area contributed by atoms with Crippen molar-refractivity contribution in [2.45, 2.75) is 19.3 Å². The highest BCUT2D eigenvalue weighted by Crippen LogP contribution is 2.33. The van der Waals surface area contributed by atoms with Gasteiger partial charge in [-0.15, -0.1) is 0 Å². The number of amides is 1. The molecular formula is C17H14BrN3O3. The van der Waals surface area contributed by atoms with E-state index in [0.29, 0.717) is 35.1 Å². The summed E-state index contributed by atoms with van der Waals surface area (Å²) in [4.78, 5) is 18.6. The second kappa shape index (κ2) is 5.90. The lowest BCUT2D eigenvalue weighted by molar-refractivity contribution is -0.117. The van der Waals surface area contributed by atoms with Crippen LogP contribution in [0.3, 0.4) is 0 Å². The quantitative estimate of drug-likeness (QED) is 0.680. The van der Waals surface area contributed by atoms with Crippen molar-refractivity contribution in [3.8, 4) is 11.7 Å². The predicted molar refractivity (Wildman–Crippen MR) is 90.6 cm³/mol. The maximum atomic E-state index is 12.4. The highest BCUT2D eigenvalue weighted by atomic mass is 79.9. The first kappa shape index (κ1) is 15.1. The summed E-state index contributed by atoms with van der Waals surface area (Å²) in [6, 6.07) is 11.4. The van der Waals surface area contributed by atoms with Crippen LogP contribution < -0.4 is 4.90 Å². The topological polar surface area (TPSA) is 72.4 Å². The summed E-state index contributed by atoms with van der Waals surface area (Å²) in [5.41, 5.74) is 2.00. The standard InChI is InChI=1S/C17H14BrN3O3/c1-10-4-2-3-5-12(10)21-9-11(8-15(21)22)16-19-17(24-20-16)13-6-7-14(18)23-13/h2-7,11H,8-9H2,1H3. The molecule has 7 heteroatoms. The fourth-order valence-electron chi connectivity index (χ4n) is 2.91.